The van der Waals surface area contributed by atoms with Crippen LogP contribution in [-0.4, -0.2) is 37.4 Å². The van der Waals surface area contributed by atoms with Crippen LogP contribution >= 0.6 is 0 Å². The van der Waals surface area contributed by atoms with Crippen molar-refractivity contribution in [2.45, 2.75) is 23.1 Å². The van der Waals surface area contributed by atoms with Gasteiger partial charge >= 0.3 is 126 Å². The summed E-state index contributed by atoms with van der Waals surface area (Å²) < 4.78 is 40.4. The van der Waals surface area contributed by atoms with Gasteiger partial charge in [0.25, 0.3) is 0 Å². The predicted molar refractivity (Wildman–Crippen MR) is 56.9 cm³/mol. The second kappa shape index (κ2) is 9.22. The molecule has 0 radical (unpaired) electrons. The number of rotatable bonds is 4. The molecule has 0 N–H and O–H groups in total. The summed E-state index contributed by atoms with van der Waals surface area (Å²) in [5.41, 5.74) is 0. The fourth-order valence-electron chi connectivity index (χ4n) is 1.20. The SMILES string of the molecule is O=S=NC(=O)OC[C@@H]1CC[C@@H]([I-]OC(=O)N=S=O)O1. The van der Waals surface area contributed by atoms with E-state index in [0.717, 1.165) is 0 Å². The van der Waals surface area contributed by atoms with E-state index in [-0.39, 0.29) is 39.7 Å². The molecule has 1 saturated heterocycles. The van der Waals surface area contributed by atoms with Crippen LogP contribution in [0.25, 0.3) is 0 Å². The van der Waals surface area contributed by atoms with Crippen LogP contribution in [0.5, 0.6) is 0 Å². The Balaban J connectivity index is 2.22. The van der Waals surface area contributed by atoms with Crippen LogP contribution in [0, 0.1) is 0 Å². The monoisotopic (exact) mass is 423 g/mol. The minimum atomic E-state index is -1.03. The van der Waals surface area contributed by atoms with Gasteiger partial charge in [-0.3, -0.25) is 0 Å². The molecule has 1 fully saturated rings. The van der Waals surface area contributed by atoms with Gasteiger partial charge in [-0.25, -0.2) is 0 Å². The van der Waals surface area contributed by atoms with Gasteiger partial charge < -0.3 is 0 Å². The number of ether oxygens (including phenoxy) is 2. The van der Waals surface area contributed by atoms with Crippen LogP contribution in [-0.2, 0) is 35.5 Å². The molecule has 2 amide bonds. The molecule has 0 aromatic heterocycles. The van der Waals surface area contributed by atoms with Gasteiger partial charge in [-0.1, -0.05) is 0 Å². The fraction of sp³-hybridized carbons (Fsp3) is 0.714. The van der Waals surface area contributed by atoms with Crippen LogP contribution in [0.2, 0.25) is 0 Å². The zero-order chi connectivity index (χ0) is 14.1. The Kier molecular flexibility index (Phi) is 7.92. The van der Waals surface area contributed by atoms with E-state index in [1.54, 1.807) is 0 Å². The molecule has 9 nitrogen and oxygen atoms in total. The number of nitrogens with zero attached hydrogens (tertiary/aromatic N) is 2. The number of carbonyl (C=O) groups is 2. The zero-order valence-electron chi connectivity index (χ0n) is 9.22. The topological polar surface area (TPSA) is 121 Å². The summed E-state index contributed by atoms with van der Waals surface area (Å²) in [4.78, 5) is 21.6. The molecule has 0 bridgehead atoms. The molecular weight excluding hydrogens is 415 g/mol. The van der Waals surface area contributed by atoms with Crippen molar-refractivity contribution in [1.82, 2.24) is 0 Å². The van der Waals surface area contributed by atoms with E-state index in [1.165, 1.54) is 0 Å². The normalized spacial score (nSPS) is 21.5. The van der Waals surface area contributed by atoms with E-state index < -0.39 is 33.8 Å². The molecule has 2 atom stereocenters. The Morgan fingerprint density at radius 1 is 1.21 bits per heavy atom. The zero-order valence-corrected chi connectivity index (χ0v) is 13.0. The fourth-order valence-corrected chi connectivity index (χ4v) is 3.30. The summed E-state index contributed by atoms with van der Waals surface area (Å²) in [6.45, 7) is -0.00212. The summed E-state index contributed by atoms with van der Waals surface area (Å²) in [7, 11) is 0. The van der Waals surface area contributed by atoms with E-state index in [9.17, 15) is 18.0 Å². The summed E-state index contributed by atoms with van der Waals surface area (Å²) in [6, 6.07) is 0. The summed E-state index contributed by atoms with van der Waals surface area (Å²) in [6.07, 6.45) is -0.837. The van der Waals surface area contributed by atoms with Crippen molar-refractivity contribution in [2.24, 2.45) is 8.73 Å². The van der Waals surface area contributed by atoms with Crippen LogP contribution in [0.1, 0.15) is 12.8 Å². The number of alkyl halides is 1. The summed E-state index contributed by atoms with van der Waals surface area (Å²) >= 11 is -1.46. The van der Waals surface area contributed by atoms with E-state index in [4.69, 9.17) is 7.80 Å². The van der Waals surface area contributed by atoms with Gasteiger partial charge in [0.2, 0.25) is 0 Å². The molecule has 0 unspecified atom stereocenters. The third-order valence-electron chi connectivity index (χ3n) is 1.88. The first-order valence-corrected chi connectivity index (χ1v) is 8.34. The van der Waals surface area contributed by atoms with Crippen LogP contribution < -0.4 is 21.6 Å². The van der Waals surface area contributed by atoms with Crippen molar-refractivity contribution < 1.29 is 52.2 Å². The van der Waals surface area contributed by atoms with E-state index >= 15 is 0 Å². The summed E-state index contributed by atoms with van der Waals surface area (Å²) in [5, 5.41) is 0. The van der Waals surface area contributed by atoms with Gasteiger partial charge in [0.1, 0.15) is 0 Å². The van der Waals surface area contributed by atoms with E-state index in [0.29, 0.717) is 12.8 Å². The second-order valence-electron chi connectivity index (χ2n) is 3.09. The van der Waals surface area contributed by atoms with E-state index in [1.807, 2.05) is 0 Å². The van der Waals surface area contributed by atoms with Crippen molar-refractivity contribution in [3.63, 3.8) is 0 Å². The first kappa shape index (κ1) is 16.3. The molecule has 12 heteroatoms. The molecule has 19 heavy (non-hydrogen) atoms. The van der Waals surface area contributed by atoms with Crippen LogP contribution in [0.15, 0.2) is 8.73 Å². The standard InChI is InChI=1S/C7H8IN2O7S2/c11-6(9-18-13)15-3-4-1-2-5(16-4)8-17-7(12)10-19-14/h4-5H,1-3H2/q-1/t4-,5-/m0/s1. The molecule has 1 aliphatic rings. The molecule has 0 saturated carbocycles. The van der Waals surface area contributed by atoms with Crippen molar-refractivity contribution in [3.8, 4) is 0 Å². The first-order chi connectivity index (χ1) is 9.15. The number of hydrogen-bond acceptors (Lipinski definition) is 7. The van der Waals surface area contributed by atoms with Gasteiger partial charge in [-0.15, -0.1) is 0 Å². The van der Waals surface area contributed by atoms with Crippen molar-refractivity contribution >= 4 is 35.1 Å². The Morgan fingerprint density at radius 2 is 1.89 bits per heavy atom. The third-order valence-corrected chi connectivity index (χ3v) is 4.44. The first-order valence-electron chi connectivity index (χ1n) is 4.82. The molecule has 108 valence electrons. The third kappa shape index (κ3) is 6.84. The maximum atomic E-state index is 10.8. The Labute approximate surface area is 125 Å². The van der Waals surface area contributed by atoms with Crippen molar-refractivity contribution in [1.29, 1.82) is 0 Å². The Morgan fingerprint density at radius 3 is 2.58 bits per heavy atom. The molecular formula is C7H8IN2O7S2-. The van der Waals surface area contributed by atoms with E-state index in [2.05, 4.69) is 13.5 Å². The summed E-state index contributed by atoms with van der Waals surface area (Å²) in [5.74, 6) is 0. The Bertz CT molecular complexity index is 409. The molecule has 0 aliphatic carbocycles. The van der Waals surface area contributed by atoms with Crippen LogP contribution in [0.4, 0.5) is 9.59 Å². The van der Waals surface area contributed by atoms with Crippen molar-refractivity contribution in [2.75, 3.05) is 6.61 Å². The van der Waals surface area contributed by atoms with Crippen LogP contribution in [0.3, 0.4) is 0 Å². The average Bonchev–Trinajstić information content (AvgIpc) is 2.83. The molecule has 0 spiro atoms. The second-order valence-corrected chi connectivity index (χ2v) is 6.09. The van der Waals surface area contributed by atoms with Gasteiger partial charge in [0.05, 0.1) is 0 Å². The Hall–Kier alpha value is -0.730. The molecule has 0 aromatic rings. The molecule has 1 heterocycles. The quantitative estimate of drug-likeness (QED) is 0.364. The van der Waals surface area contributed by atoms with Gasteiger partial charge in [0.15, 0.2) is 0 Å². The van der Waals surface area contributed by atoms with Crippen molar-refractivity contribution in [3.05, 3.63) is 0 Å². The molecule has 1 rings (SSSR count). The maximum absolute atomic E-state index is 10.8. The minimum absolute atomic E-state index is 0.00212. The number of amides is 2. The number of carbonyl (C=O) groups excluding carboxylic acids is 2. The molecule has 0 aromatic carbocycles. The van der Waals surface area contributed by atoms with Gasteiger partial charge in [-0.2, -0.15) is 0 Å². The number of halogens is 1. The predicted octanol–water partition coefficient (Wildman–Crippen LogP) is -2.44. The van der Waals surface area contributed by atoms with Gasteiger partial charge in [0, 0.05) is 0 Å². The number of hydrogen-bond donors (Lipinski definition) is 0. The molecule has 1 aliphatic heterocycles. The van der Waals surface area contributed by atoms with Gasteiger partial charge in [-0.05, 0) is 0 Å². The average molecular weight is 423 g/mol.